The lowest BCUT2D eigenvalue weighted by Crippen LogP contribution is -2.17. The summed E-state index contributed by atoms with van der Waals surface area (Å²) in [4.78, 5) is 10.7. The molecule has 0 aromatic heterocycles. The number of carbonyl (C=O) groups is 1. The van der Waals surface area contributed by atoms with Gasteiger partial charge >= 0.3 is 0 Å². The molecule has 16 heavy (non-hydrogen) atoms. The Morgan fingerprint density at radius 3 is 2.38 bits per heavy atom. The van der Waals surface area contributed by atoms with E-state index in [0.29, 0.717) is 0 Å². The highest BCUT2D eigenvalue weighted by atomic mass is 127. The number of Topliss-reactive ketones (excluding diaryl/α,β-unsaturated/α-hetero) is 1. The van der Waals surface area contributed by atoms with Crippen molar-refractivity contribution in [1.29, 1.82) is 0 Å². The molecule has 0 saturated carbocycles. The van der Waals surface area contributed by atoms with E-state index >= 15 is 0 Å². The number of benzene rings is 1. The second-order valence-corrected chi connectivity index (χ2v) is 5.73. The molecule has 0 amide bonds. The van der Waals surface area contributed by atoms with Crippen molar-refractivity contribution in [2.24, 2.45) is 0 Å². The molecule has 1 rings (SSSR count). The maximum atomic E-state index is 11.5. The number of halogens is 1. The summed E-state index contributed by atoms with van der Waals surface area (Å²) in [6.45, 7) is -1.38. The van der Waals surface area contributed by atoms with E-state index in [-0.39, 0.29) is 4.90 Å². The molecule has 0 aliphatic rings. The SMILES string of the molecule is O=C(CO)COS(=O)(=O)c1ccc(I)cc1. The smallest absolute Gasteiger partial charge is 0.297 e. The minimum Gasteiger partial charge on any atom is -0.388 e. The molecule has 0 radical (unpaired) electrons. The largest absolute Gasteiger partial charge is 0.388 e. The van der Waals surface area contributed by atoms with Gasteiger partial charge in [-0.15, -0.1) is 0 Å². The molecule has 1 N–H and O–H groups in total. The fourth-order valence-electron chi connectivity index (χ4n) is 0.858. The van der Waals surface area contributed by atoms with Gasteiger partial charge in [0.2, 0.25) is 0 Å². The van der Waals surface area contributed by atoms with Crippen LogP contribution in [0.1, 0.15) is 0 Å². The van der Waals surface area contributed by atoms with E-state index < -0.39 is 29.1 Å². The first-order valence-electron chi connectivity index (χ1n) is 4.23. The summed E-state index contributed by atoms with van der Waals surface area (Å²) in [7, 11) is -3.92. The zero-order valence-electron chi connectivity index (χ0n) is 8.09. The molecule has 5 nitrogen and oxygen atoms in total. The molecule has 0 heterocycles. The molecule has 0 atom stereocenters. The summed E-state index contributed by atoms with van der Waals surface area (Å²) < 4.78 is 28.4. The van der Waals surface area contributed by atoms with Crippen LogP contribution in [0.3, 0.4) is 0 Å². The fourth-order valence-corrected chi connectivity index (χ4v) is 2.11. The fraction of sp³-hybridized carbons (Fsp3) is 0.222. The molecule has 1 aromatic carbocycles. The predicted octanol–water partition coefficient (Wildman–Crippen LogP) is 0.558. The van der Waals surface area contributed by atoms with Gasteiger partial charge in [0, 0.05) is 3.57 Å². The molecule has 1 aromatic rings. The molecule has 0 aliphatic carbocycles. The lowest BCUT2D eigenvalue weighted by atomic mass is 10.4. The summed E-state index contributed by atoms with van der Waals surface area (Å²) in [5.41, 5.74) is 0. The number of carbonyl (C=O) groups excluding carboxylic acids is 1. The van der Waals surface area contributed by atoms with Crippen LogP contribution in [0.4, 0.5) is 0 Å². The van der Waals surface area contributed by atoms with Gasteiger partial charge in [-0.25, -0.2) is 0 Å². The average Bonchev–Trinajstić information content (AvgIpc) is 2.26. The minimum atomic E-state index is -3.92. The second-order valence-electron chi connectivity index (χ2n) is 2.87. The highest BCUT2D eigenvalue weighted by Crippen LogP contribution is 2.14. The Kier molecular flexibility index (Phi) is 4.84. The second kappa shape index (κ2) is 5.71. The van der Waals surface area contributed by atoms with Crippen molar-refractivity contribution in [3.63, 3.8) is 0 Å². The van der Waals surface area contributed by atoms with Crippen LogP contribution in [0.15, 0.2) is 29.2 Å². The maximum Gasteiger partial charge on any atom is 0.297 e. The van der Waals surface area contributed by atoms with Gasteiger partial charge in [0.1, 0.15) is 13.2 Å². The van der Waals surface area contributed by atoms with Crippen molar-refractivity contribution < 1.29 is 22.5 Å². The Labute approximate surface area is 107 Å². The van der Waals surface area contributed by atoms with E-state index in [1.807, 2.05) is 22.6 Å². The van der Waals surface area contributed by atoms with Crippen LogP contribution in [0, 0.1) is 3.57 Å². The van der Waals surface area contributed by atoms with Gasteiger partial charge in [0.05, 0.1) is 4.90 Å². The summed E-state index contributed by atoms with van der Waals surface area (Å²) in [6.07, 6.45) is 0. The summed E-state index contributed by atoms with van der Waals surface area (Å²) in [5, 5.41) is 8.41. The first kappa shape index (κ1) is 13.6. The summed E-state index contributed by atoms with van der Waals surface area (Å²) in [6, 6.07) is 6.01. The number of hydrogen-bond donors (Lipinski definition) is 1. The van der Waals surface area contributed by atoms with E-state index in [1.165, 1.54) is 12.1 Å². The number of aliphatic hydroxyl groups excluding tert-OH is 1. The van der Waals surface area contributed by atoms with Crippen molar-refractivity contribution >= 4 is 38.5 Å². The van der Waals surface area contributed by atoms with Crippen molar-refractivity contribution in [3.8, 4) is 0 Å². The normalized spacial score (nSPS) is 11.4. The van der Waals surface area contributed by atoms with Gasteiger partial charge < -0.3 is 5.11 Å². The van der Waals surface area contributed by atoms with E-state index in [0.717, 1.165) is 3.57 Å². The molecule has 88 valence electrons. The highest BCUT2D eigenvalue weighted by Gasteiger charge is 2.16. The van der Waals surface area contributed by atoms with Gasteiger partial charge in [0.15, 0.2) is 5.78 Å². The third kappa shape index (κ3) is 3.81. The Morgan fingerprint density at radius 2 is 1.88 bits per heavy atom. The van der Waals surface area contributed by atoms with Crippen molar-refractivity contribution in [2.75, 3.05) is 13.2 Å². The Balaban J connectivity index is 2.78. The first-order valence-corrected chi connectivity index (χ1v) is 6.72. The maximum absolute atomic E-state index is 11.5. The molecular weight excluding hydrogens is 347 g/mol. The molecule has 0 saturated heterocycles. The van der Waals surface area contributed by atoms with Crippen molar-refractivity contribution in [3.05, 3.63) is 27.8 Å². The Hall–Kier alpha value is -0.510. The highest BCUT2D eigenvalue weighted by molar-refractivity contribution is 14.1. The number of rotatable bonds is 5. The third-order valence-electron chi connectivity index (χ3n) is 1.65. The van der Waals surface area contributed by atoms with Gasteiger partial charge in [-0.05, 0) is 46.9 Å². The zero-order valence-corrected chi connectivity index (χ0v) is 11.1. The number of ketones is 1. The topological polar surface area (TPSA) is 80.7 Å². The van der Waals surface area contributed by atoms with Crippen LogP contribution in [0.25, 0.3) is 0 Å². The van der Waals surface area contributed by atoms with Crippen LogP contribution < -0.4 is 0 Å². The van der Waals surface area contributed by atoms with Crippen LogP contribution in [0.2, 0.25) is 0 Å². The molecule has 0 bridgehead atoms. The Morgan fingerprint density at radius 1 is 1.31 bits per heavy atom. The lowest BCUT2D eigenvalue weighted by molar-refractivity contribution is -0.123. The van der Waals surface area contributed by atoms with Crippen LogP contribution in [-0.2, 0) is 19.1 Å². The van der Waals surface area contributed by atoms with Crippen molar-refractivity contribution in [2.45, 2.75) is 4.90 Å². The van der Waals surface area contributed by atoms with Crippen LogP contribution in [0.5, 0.6) is 0 Å². The average molecular weight is 356 g/mol. The molecule has 0 spiro atoms. The zero-order chi connectivity index (χ0) is 12.2. The van der Waals surface area contributed by atoms with Crippen molar-refractivity contribution in [1.82, 2.24) is 0 Å². The Bertz CT molecular complexity index is 465. The van der Waals surface area contributed by atoms with Gasteiger partial charge in [-0.3, -0.25) is 8.98 Å². The molecular formula is C9H9IO5S. The molecule has 0 fully saturated rings. The monoisotopic (exact) mass is 356 g/mol. The number of aliphatic hydroxyl groups is 1. The first-order chi connectivity index (χ1) is 7.45. The van der Waals surface area contributed by atoms with Crippen LogP contribution >= 0.6 is 22.6 Å². The van der Waals surface area contributed by atoms with E-state index in [2.05, 4.69) is 4.18 Å². The summed E-state index contributed by atoms with van der Waals surface area (Å²) >= 11 is 2.04. The van der Waals surface area contributed by atoms with Crippen LogP contribution in [-0.4, -0.2) is 32.5 Å². The molecule has 0 aliphatic heterocycles. The van der Waals surface area contributed by atoms with Gasteiger partial charge in [0.25, 0.3) is 10.1 Å². The predicted molar refractivity (Wildman–Crippen MR) is 64.4 cm³/mol. The van der Waals surface area contributed by atoms with E-state index in [9.17, 15) is 13.2 Å². The molecule has 7 heteroatoms. The van der Waals surface area contributed by atoms with E-state index in [4.69, 9.17) is 5.11 Å². The number of hydrogen-bond acceptors (Lipinski definition) is 5. The quantitative estimate of drug-likeness (QED) is 0.616. The lowest BCUT2D eigenvalue weighted by Gasteiger charge is -2.04. The van der Waals surface area contributed by atoms with Gasteiger partial charge in [-0.2, -0.15) is 8.42 Å². The third-order valence-corrected chi connectivity index (χ3v) is 3.65. The summed E-state index contributed by atoms with van der Waals surface area (Å²) in [5.74, 6) is -0.686. The van der Waals surface area contributed by atoms with E-state index in [1.54, 1.807) is 12.1 Å². The van der Waals surface area contributed by atoms with Gasteiger partial charge in [-0.1, -0.05) is 0 Å². The minimum absolute atomic E-state index is 0.0151. The standard InChI is InChI=1S/C9H9IO5S/c10-7-1-3-9(4-2-7)16(13,14)15-6-8(12)5-11/h1-4,11H,5-6H2. The molecule has 0 unspecified atom stereocenters.